The maximum absolute atomic E-state index is 4.75. The van der Waals surface area contributed by atoms with Gasteiger partial charge in [-0.2, -0.15) is 10.2 Å². The Morgan fingerprint density at radius 1 is 1.09 bits per heavy atom. The van der Waals surface area contributed by atoms with E-state index in [9.17, 15) is 0 Å². The molecule has 0 radical (unpaired) electrons. The highest BCUT2D eigenvalue weighted by atomic mass is 79.9. The van der Waals surface area contributed by atoms with Crippen molar-refractivity contribution in [1.29, 1.82) is 0 Å². The van der Waals surface area contributed by atoms with E-state index in [1.54, 1.807) is 18.7 Å². The molecule has 5 aromatic rings. The van der Waals surface area contributed by atoms with Gasteiger partial charge >= 0.3 is 0 Å². The molecule has 0 amide bonds. The van der Waals surface area contributed by atoms with Crippen molar-refractivity contribution in [2.24, 2.45) is 5.10 Å². The maximum Gasteiger partial charge on any atom is 0.203 e. The molecule has 5 rings (SSSR count). The fourth-order valence-electron chi connectivity index (χ4n) is 3.29. The number of nitrogens with zero attached hydrogens (tertiary/aromatic N) is 6. The predicted molar refractivity (Wildman–Crippen MR) is 132 cm³/mol. The fraction of sp³-hybridized carbons (Fsp3) is 0.0435. The Morgan fingerprint density at radius 2 is 1.91 bits per heavy atom. The van der Waals surface area contributed by atoms with E-state index < -0.39 is 0 Å². The minimum absolute atomic E-state index is 0.719. The minimum atomic E-state index is 0.719. The molecular weight excluding hydrogens is 486 g/mol. The van der Waals surface area contributed by atoms with Crippen LogP contribution in [0.4, 0.5) is 5.13 Å². The zero-order chi connectivity index (χ0) is 21.9. The number of hydrogen-bond donors (Lipinski definition) is 1. The second-order valence-corrected chi connectivity index (χ2v) is 8.73. The van der Waals surface area contributed by atoms with Crippen molar-refractivity contribution < 1.29 is 0 Å². The number of hydrazone groups is 1. The largest absolute Gasteiger partial charge is 0.290 e. The van der Waals surface area contributed by atoms with Crippen LogP contribution in [0.25, 0.3) is 22.8 Å². The van der Waals surface area contributed by atoms with Gasteiger partial charge in [-0.05, 0) is 31.2 Å². The molecule has 3 heterocycles. The molecule has 158 valence electrons. The summed E-state index contributed by atoms with van der Waals surface area (Å²) in [4.78, 5) is 8.83. The van der Waals surface area contributed by atoms with Gasteiger partial charge in [0.15, 0.2) is 5.82 Å². The van der Waals surface area contributed by atoms with Crippen LogP contribution in [0.1, 0.15) is 11.3 Å². The van der Waals surface area contributed by atoms with Crippen LogP contribution in [-0.4, -0.2) is 30.5 Å². The number of anilines is 1. The van der Waals surface area contributed by atoms with E-state index >= 15 is 0 Å². The second-order valence-electron chi connectivity index (χ2n) is 6.95. The monoisotopic (exact) mass is 503 g/mol. The van der Waals surface area contributed by atoms with Gasteiger partial charge in [-0.15, -0.1) is 11.3 Å². The lowest BCUT2D eigenvalue weighted by Gasteiger charge is -2.08. The lowest BCUT2D eigenvalue weighted by Crippen LogP contribution is -2.06. The molecule has 0 bridgehead atoms. The molecule has 3 aromatic heterocycles. The van der Waals surface area contributed by atoms with Gasteiger partial charge in [-0.25, -0.2) is 14.6 Å². The number of thiazole rings is 1. The first kappa shape index (κ1) is 20.3. The van der Waals surface area contributed by atoms with Gasteiger partial charge in [-0.1, -0.05) is 46.3 Å². The zero-order valence-electron chi connectivity index (χ0n) is 17.1. The van der Waals surface area contributed by atoms with Crippen LogP contribution in [0.3, 0.4) is 0 Å². The quantitative estimate of drug-likeness (QED) is 0.238. The Balaban J connectivity index is 1.43. The Hall–Kier alpha value is -3.56. The number of nitrogens with one attached hydrogen (secondary N) is 1. The van der Waals surface area contributed by atoms with Crippen molar-refractivity contribution in [1.82, 2.24) is 24.3 Å². The highest BCUT2D eigenvalue weighted by Gasteiger charge is 2.17. The Kier molecular flexibility index (Phi) is 5.66. The SMILES string of the molecule is Cc1nn(-c2ccccc2)c(-n2ccnc2)c1/C=N/Nc1nc(-c2ccc(Br)cc2)cs1. The van der Waals surface area contributed by atoms with E-state index in [-0.39, 0.29) is 0 Å². The summed E-state index contributed by atoms with van der Waals surface area (Å²) in [6, 6.07) is 18.1. The zero-order valence-corrected chi connectivity index (χ0v) is 19.5. The van der Waals surface area contributed by atoms with E-state index in [1.165, 1.54) is 11.3 Å². The molecule has 0 saturated heterocycles. The molecule has 0 saturated carbocycles. The minimum Gasteiger partial charge on any atom is -0.290 e. The van der Waals surface area contributed by atoms with Crippen molar-refractivity contribution in [2.45, 2.75) is 6.92 Å². The Morgan fingerprint density at radius 3 is 2.66 bits per heavy atom. The smallest absolute Gasteiger partial charge is 0.203 e. The molecule has 9 heteroatoms. The molecule has 0 aliphatic heterocycles. The van der Waals surface area contributed by atoms with E-state index in [1.807, 2.05) is 82.3 Å². The summed E-state index contributed by atoms with van der Waals surface area (Å²) in [6.45, 7) is 1.97. The Labute approximate surface area is 197 Å². The maximum atomic E-state index is 4.75. The number of hydrogen-bond acceptors (Lipinski definition) is 6. The van der Waals surface area contributed by atoms with Gasteiger partial charge in [0, 0.05) is 27.8 Å². The topological polar surface area (TPSA) is 72.9 Å². The van der Waals surface area contributed by atoms with Gasteiger partial charge in [0.05, 0.1) is 28.9 Å². The van der Waals surface area contributed by atoms with E-state index in [2.05, 4.69) is 36.4 Å². The Bertz CT molecular complexity index is 1350. The molecule has 0 fully saturated rings. The van der Waals surface area contributed by atoms with Crippen molar-refractivity contribution in [3.8, 4) is 22.8 Å². The molecule has 1 N–H and O–H groups in total. The predicted octanol–water partition coefficient (Wildman–Crippen LogP) is 5.70. The van der Waals surface area contributed by atoms with Gasteiger partial charge in [0.2, 0.25) is 5.13 Å². The van der Waals surface area contributed by atoms with Gasteiger partial charge in [-0.3, -0.25) is 9.99 Å². The number of aromatic nitrogens is 5. The summed E-state index contributed by atoms with van der Waals surface area (Å²) in [6.07, 6.45) is 7.17. The number of halogens is 1. The molecule has 0 aliphatic carbocycles. The summed E-state index contributed by atoms with van der Waals surface area (Å²) < 4.78 is 4.87. The number of para-hydroxylation sites is 1. The molecule has 0 unspecified atom stereocenters. The first-order chi connectivity index (χ1) is 15.7. The summed E-state index contributed by atoms with van der Waals surface area (Å²) in [5, 5.41) is 11.9. The molecule has 7 nitrogen and oxygen atoms in total. The number of benzene rings is 2. The first-order valence-electron chi connectivity index (χ1n) is 9.83. The molecule has 2 aromatic carbocycles. The summed E-state index contributed by atoms with van der Waals surface area (Å²) in [5.74, 6) is 0.867. The van der Waals surface area contributed by atoms with Crippen LogP contribution in [-0.2, 0) is 0 Å². The van der Waals surface area contributed by atoms with Gasteiger partial charge in [0.1, 0.15) is 6.33 Å². The fourth-order valence-corrected chi connectivity index (χ4v) is 4.22. The number of imidazole rings is 1. The summed E-state index contributed by atoms with van der Waals surface area (Å²) in [7, 11) is 0. The third-order valence-corrected chi connectivity index (χ3v) is 6.10. The standard InChI is InChI=1S/C23H18BrN7S/c1-16-20(13-26-28-23-27-21(14-32-23)17-7-9-18(24)10-8-17)22(30-12-11-25-15-30)31(29-16)19-5-3-2-4-6-19/h2-15H,1H3,(H,27,28)/b26-13+. The average Bonchev–Trinajstić information content (AvgIpc) is 3.56. The van der Waals surface area contributed by atoms with Gasteiger partial charge in [0.25, 0.3) is 0 Å². The van der Waals surface area contributed by atoms with Crippen LogP contribution >= 0.6 is 27.3 Å². The van der Waals surface area contributed by atoms with Crippen molar-refractivity contribution in [3.63, 3.8) is 0 Å². The summed E-state index contributed by atoms with van der Waals surface area (Å²) >= 11 is 4.97. The third kappa shape index (κ3) is 4.12. The average molecular weight is 504 g/mol. The van der Waals surface area contributed by atoms with Crippen LogP contribution in [0.2, 0.25) is 0 Å². The number of aryl methyl sites for hydroxylation is 1. The highest BCUT2D eigenvalue weighted by Crippen LogP contribution is 2.26. The lowest BCUT2D eigenvalue weighted by atomic mass is 10.2. The van der Waals surface area contributed by atoms with Crippen LogP contribution in [0.15, 0.2) is 88.3 Å². The lowest BCUT2D eigenvalue weighted by molar-refractivity contribution is 0.811. The third-order valence-electron chi connectivity index (χ3n) is 4.83. The molecule has 0 atom stereocenters. The highest BCUT2D eigenvalue weighted by molar-refractivity contribution is 9.10. The summed E-state index contributed by atoms with van der Waals surface area (Å²) in [5.41, 5.74) is 7.73. The van der Waals surface area contributed by atoms with Crippen LogP contribution < -0.4 is 5.43 Å². The van der Waals surface area contributed by atoms with Crippen molar-refractivity contribution in [3.05, 3.63) is 94.4 Å². The van der Waals surface area contributed by atoms with Crippen LogP contribution in [0, 0.1) is 6.92 Å². The molecule has 0 spiro atoms. The van der Waals surface area contributed by atoms with E-state index in [0.717, 1.165) is 43.6 Å². The van der Waals surface area contributed by atoms with E-state index in [4.69, 9.17) is 5.10 Å². The molecule has 0 aliphatic rings. The first-order valence-corrected chi connectivity index (χ1v) is 11.5. The van der Waals surface area contributed by atoms with Gasteiger partial charge < -0.3 is 0 Å². The van der Waals surface area contributed by atoms with Crippen molar-refractivity contribution in [2.75, 3.05) is 5.43 Å². The molecular formula is C23H18BrN7S. The van der Waals surface area contributed by atoms with Crippen molar-refractivity contribution >= 4 is 38.6 Å². The number of rotatable bonds is 6. The van der Waals surface area contributed by atoms with E-state index in [0.29, 0.717) is 0 Å². The second kappa shape index (κ2) is 8.89. The normalized spacial score (nSPS) is 11.3. The van der Waals surface area contributed by atoms with Crippen LogP contribution in [0.5, 0.6) is 0 Å². The molecule has 32 heavy (non-hydrogen) atoms.